The molecule has 0 spiro atoms. The molecule has 1 atom stereocenters. The van der Waals surface area contributed by atoms with Crippen LogP contribution in [0.4, 0.5) is 5.69 Å². The van der Waals surface area contributed by atoms with Crippen LogP contribution < -0.4 is 5.32 Å². The van der Waals surface area contributed by atoms with E-state index in [4.69, 9.17) is 11.6 Å². The van der Waals surface area contributed by atoms with E-state index in [1.807, 2.05) is 31.2 Å². The number of halogens is 1. The van der Waals surface area contributed by atoms with E-state index < -0.39 is 9.84 Å². The molecule has 0 saturated carbocycles. The number of hydrogen-bond acceptors (Lipinski definition) is 4. The highest BCUT2D eigenvalue weighted by molar-refractivity contribution is 7.91. The molecule has 1 N–H and O–H groups in total. The summed E-state index contributed by atoms with van der Waals surface area (Å²) in [5, 5.41) is 4.86. The number of sulfone groups is 1. The number of fused-ring (bicyclic) bond motifs is 1. The molecule has 4 nitrogen and oxygen atoms in total. The molecule has 0 unspecified atom stereocenters. The molecule has 7 heteroatoms. The van der Waals surface area contributed by atoms with Gasteiger partial charge in [-0.2, -0.15) is 0 Å². The van der Waals surface area contributed by atoms with Gasteiger partial charge in [-0.05, 0) is 36.8 Å². The predicted octanol–water partition coefficient (Wildman–Crippen LogP) is 5.02. The third-order valence-corrected chi connectivity index (χ3v) is 7.91. The number of nitrogens with one attached hydrogen (secondary N) is 1. The zero-order valence-electron chi connectivity index (χ0n) is 14.4. The van der Waals surface area contributed by atoms with Gasteiger partial charge in [0.05, 0.1) is 10.6 Å². The van der Waals surface area contributed by atoms with E-state index in [9.17, 15) is 13.2 Å². The van der Waals surface area contributed by atoms with Crippen LogP contribution >= 0.6 is 22.9 Å². The highest BCUT2D eigenvalue weighted by Gasteiger charge is 2.34. The molecule has 1 amide bonds. The normalized spacial score (nSPS) is 16.7. The van der Waals surface area contributed by atoms with Crippen LogP contribution in [0.1, 0.15) is 28.3 Å². The molecule has 1 aliphatic rings. The maximum Gasteiger partial charge on any atom is 0.225 e. The first-order valence-electron chi connectivity index (χ1n) is 8.35. The molecule has 138 valence electrons. The Labute approximate surface area is 166 Å². The summed E-state index contributed by atoms with van der Waals surface area (Å²) in [7, 11) is -3.75. The van der Waals surface area contributed by atoms with Crippen LogP contribution in [0.3, 0.4) is 0 Å². The van der Waals surface area contributed by atoms with Crippen LogP contribution in [-0.4, -0.2) is 14.3 Å². The van der Waals surface area contributed by atoms with Gasteiger partial charge in [0.2, 0.25) is 15.7 Å². The van der Waals surface area contributed by atoms with Crippen molar-refractivity contribution < 1.29 is 13.2 Å². The Bertz CT molecular complexity index is 1130. The van der Waals surface area contributed by atoms with Crippen molar-refractivity contribution in [3.63, 3.8) is 0 Å². The number of thiophene rings is 1. The standard InChI is InChI=1S/C20H16ClNO3S2/c1-12-3-2-4-13(9-12)16-10-18(23)22-19-17(11-26-20(16)19)27(24,25)15-7-5-14(21)6-8-15/h2-9,11,16H,10H2,1H3,(H,22,23)/t16-/m0/s1. The van der Waals surface area contributed by atoms with E-state index in [0.29, 0.717) is 17.1 Å². The summed E-state index contributed by atoms with van der Waals surface area (Å²) in [6.45, 7) is 2.00. The lowest BCUT2D eigenvalue weighted by Gasteiger charge is -2.24. The smallest absolute Gasteiger partial charge is 0.225 e. The van der Waals surface area contributed by atoms with Gasteiger partial charge in [-0.25, -0.2) is 8.42 Å². The molecule has 0 radical (unpaired) electrons. The second kappa shape index (κ2) is 6.78. The Kier molecular flexibility index (Phi) is 4.58. The molecule has 2 heterocycles. The Balaban J connectivity index is 1.83. The third-order valence-electron chi connectivity index (χ3n) is 4.61. The third kappa shape index (κ3) is 3.29. The van der Waals surface area contributed by atoms with Crippen molar-refractivity contribution in [2.24, 2.45) is 0 Å². The quantitative estimate of drug-likeness (QED) is 0.651. The Morgan fingerprint density at radius 2 is 1.89 bits per heavy atom. The predicted molar refractivity (Wildman–Crippen MR) is 107 cm³/mol. The van der Waals surface area contributed by atoms with Gasteiger partial charge in [0.25, 0.3) is 0 Å². The average Bonchev–Trinajstić information content (AvgIpc) is 3.06. The first kappa shape index (κ1) is 18.2. The van der Waals surface area contributed by atoms with Crippen molar-refractivity contribution in [1.29, 1.82) is 0 Å². The molecule has 2 aromatic carbocycles. The Morgan fingerprint density at radius 3 is 2.59 bits per heavy atom. The molecule has 4 rings (SSSR count). The second-order valence-electron chi connectivity index (χ2n) is 6.52. The lowest BCUT2D eigenvalue weighted by Crippen LogP contribution is -2.23. The first-order chi connectivity index (χ1) is 12.9. The molecule has 1 aromatic heterocycles. The van der Waals surface area contributed by atoms with Crippen LogP contribution in [0.5, 0.6) is 0 Å². The number of carbonyl (C=O) groups is 1. The summed E-state index contributed by atoms with van der Waals surface area (Å²) in [6.07, 6.45) is 0.303. The van der Waals surface area contributed by atoms with E-state index in [2.05, 4.69) is 5.32 Å². The molecule has 0 bridgehead atoms. The Hall–Kier alpha value is -2.15. The Morgan fingerprint density at radius 1 is 1.15 bits per heavy atom. The number of hydrogen-bond donors (Lipinski definition) is 1. The van der Waals surface area contributed by atoms with Gasteiger partial charge in [-0.15, -0.1) is 11.3 Å². The van der Waals surface area contributed by atoms with Crippen molar-refractivity contribution in [1.82, 2.24) is 0 Å². The zero-order valence-corrected chi connectivity index (χ0v) is 16.8. The minimum Gasteiger partial charge on any atom is -0.324 e. The molecule has 0 fully saturated rings. The van der Waals surface area contributed by atoms with Gasteiger partial charge in [-0.3, -0.25) is 4.79 Å². The second-order valence-corrected chi connectivity index (χ2v) is 9.78. The van der Waals surface area contributed by atoms with Crippen LogP contribution in [0.15, 0.2) is 63.7 Å². The van der Waals surface area contributed by atoms with Crippen molar-refractivity contribution in [2.75, 3.05) is 5.32 Å². The fourth-order valence-electron chi connectivity index (χ4n) is 3.30. The molecule has 1 aliphatic heterocycles. The lowest BCUT2D eigenvalue weighted by atomic mass is 9.90. The SMILES string of the molecule is Cc1cccc([C@@H]2CC(=O)Nc3c(S(=O)(=O)c4ccc(Cl)cc4)csc32)c1. The molecule has 0 saturated heterocycles. The minimum atomic E-state index is -3.75. The molecular weight excluding hydrogens is 402 g/mol. The van der Waals surface area contributed by atoms with E-state index >= 15 is 0 Å². The van der Waals surface area contributed by atoms with E-state index in [0.717, 1.165) is 16.0 Å². The summed E-state index contributed by atoms with van der Waals surface area (Å²) >= 11 is 7.24. The van der Waals surface area contributed by atoms with Gasteiger partial charge in [0, 0.05) is 27.6 Å². The molecule has 3 aromatic rings. The fourth-order valence-corrected chi connectivity index (χ4v) is 6.33. The number of anilines is 1. The van der Waals surface area contributed by atoms with Gasteiger partial charge < -0.3 is 5.32 Å². The minimum absolute atomic E-state index is 0.135. The van der Waals surface area contributed by atoms with Crippen LogP contribution in [-0.2, 0) is 14.6 Å². The summed E-state index contributed by atoms with van der Waals surface area (Å²) in [5.41, 5.74) is 2.52. The van der Waals surface area contributed by atoms with Crippen LogP contribution in [0.2, 0.25) is 5.02 Å². The molecule has 0 aliphatic carbocycles. The molecular formula is C20H16ClNO3S2. The lowest BCUT2D eigenvalue weighted by molar-refractivity contribution is -0.116. The van der Waals surface area contributed by atoms with E-state index in [-0.39, 0.29) is 21.6 Å². The number of aryl methyl sites for hydroxylation is 1. The number of carbonyl (C=O) groups excluding carboxylic acids is 1. The van der Waals surface area contributed by atoms with Gasteiger partial charge >= 0.3 is 0 Å². The van der Waals surface area contributed by atoms with E-state index in [1.54, 1.807) is 17.5 Å². The first-order valence-corrected chi connectivity index (χ1v) is 11.1. The highest BCUT2D eigenvalue weighted by Crippen LogP contribution is 2.45. The summed E-state index contributed by atoms with van der Waals surface area (Å²) < 4.78 is 26.2. The monoisotopic (exact) mass is 417 g/mol. The topological polar surface area (TPSA) is 63.2 Å². The number of amides is 1. The van der Waals surface area contributed by atoms with Gasteiger partial charge in [-0.1, -0.05) is 41.4 Å². The highest BCUT2D eigenvalue weighted by atomic mass is 35.5. The summed E-state index contributed by atoms with van der Waals surface area (Å²) in [5.74, 6) is -0.326. The average molecular weight is 418 g/mol. The van der Waals surface area contributed by atoms with Crippen molar-refractivity contribution in [3.8, 4) is 0 Å². The summed E-state index contributed by atoms with van der Waals surface area (Å²) in [4.78, 5) is 13.5. The van der Waals surface area contributed by atoms with Crippen LogP contribution in [0.25, 0.3) is 0 Å². The van der Waals surface area contributed by atoms with Crippen molar-refractivity contribution in [2.45, 2.75) is 29.1 Å². The zero-order chi connectivity index (χ0) is 19.2. The number of benzene rings is 2. The van der Waals surface area contributed by atoms with Crippen LogP contribution in [0, 0.1) is 6.92 Å². The fraction of sp³-hybridized carbons (Fsp3) is 0.150. The largest absolute Gasteiger partial charge is 0.324 e. The molecule has 27 heavy (non-hydrogen) atoms. The number of rotatable bonds is 3. The van der Waals surface area contributed by atoms with E-state index in [1.165, 1.54) is 23.5 Å². The van der Waals surface area contributed by atoms with Crippen molar-refractivity contribution >= 4 is 44.4 Å². The summed E-state index contributed by atoms with van der Waals surface area (Å²) in [6, 6.07) is 14.0. The van der Waals surface area contributed by atoms with Gasteiger partial charge in [0.1, 0.15) is 4.90 Å². The maximum absolute atomic E-state index is 13.1. The van der Waals surface area contributed by atoms with Crippen molar-refractivity contribution in [3.05, 3.63) is 74.9 Å². The maximum atomic E-state index is 13.1. The van der Waals surface area contributed by atoms with Gasteiger partial charge in [0.15, 0.2) is 0 Å².